The van der Waals surface area contributed by atoms with Gasteiger partial charge in [-0.15, -0.1) is 6.42 Å². The third-order valence-electron chi connectivity index (χ3n) is 6.77. The van der Waals surface area contributed by atoms with Crippen LogP contribution in [0.1, 0.15) is 40.3 Å². The van der Waals surface area contributed by atoms with Crippen molar-refractivity contribution in [2.45, 2.75) is 25.8 Å². The van der Waals surface area contributed by atoms with Gasteiger partial charge in [-0.3, -0.25) is 9.36 Å². The number of nitrogens with zero attached hydrogens (tertiary/aromatic N) is 2. The second kappa shape index (κ2) is 9.14. The van der Waals surface area contributed by atoms with Crippen molar-refractivity contribution in [1.29, 1.82) is 0 Å². The van der Waals surface area contributed by atoms with E-state index in [-0.39, 0.29) is 18.2 Å². The molecule has 0 N–H and O–H groups in total. The number of rotatable bonds is 4. The van der Waals surface area contributed by atoms with Crippen LogP contribution in [0.5, 0.6) is 5.75 Å². The molecule has 176 valence electrons. The summed E-state index contributed by atoms with van der Waals surface area (Å²) in [6.07, 6.45) is 9.04. The summed E-state index contributed by atoms with van der Waals surface area (Å²) >= 11 is 1.44. The van der Waals surface area contributed by atoms with Gasteiger partial charge in [0.15, 0.2) is 4.80 Å². The SMILES string of the molecule is C#CCOc1ccc(/C=c2\sc3n(c2=O)[C@H](c2ccc(C)cc2)C2=C(N=3)c3ccccc3CC2)cc1. The molecule has 0 saturated carbocycles. The van der Waals surface area contributed by atoms with Crippen molar-refractivity contribution in [3.63, 3.8) is 0 Å². The van der Waals surface area contributed by atoms with Gasteiger partial charge in [-0.2, -0.15) is 0 Å². The van der Waals surface area contributed by atoms with Crippen molar-refractivity contribution in [1.82, 2.24) is 4.57 Å². The van der Waals surface area contributed by atoms with Gasteiger partial charge in [0.1, 0.15) is 12.4 Å². The van der Waals surface area contributed by atoms with Crippen molar-refractivity contribution in [3.05, 3.63) is 126 Å². The van der Waals surface area contributed by atoms with Crippen LogP contribution >= 0.6 is 11.3 Å². The Labute approximate surface area is 213 Å². The van der Waals surface area contributed by atoms with Crippen LogP contribution in [0.2, 0.25) is 0 Å². The van der Waals surface area contributed by atoms with E-state index < -0.39 is 0 Å². The first-order valence-corrected chi connectivity index (χ1v) is 12.8. The quantitative estimate of drug-likeness (QED) is 0.393. The molecule has 1 aliphatic carbocycles. The summed E-state index contributed by atoms with van der Waals surface area (Å²) in [6, 6.07) is 24.4. The zero-order valence-corrected chi connectivity index (χ0v) is 20.7. The Morgan fingerprint density at radius 3 is 2.64 bits per heavy atom. The Bertz CT molecular complexity index is 1720. The Morgan fingerprint density at radius 1 is 1.08 bits per heavy atom. The van der Waals surface area contributed by atoms with Crippen LogP contribution in [0.25, 0.3) is 11.8 Å². The van der Waals surface area contributed by atoms with E-state index in [4.69, 9.17) is 16.2 Å². The van der Waals surface area contributed by atoms with Crippen LogP contribution in [0.3, 0.4) is 0 Å². The molecule has 36 heavy (non-hydrogen) atoms. The molecule has 4 nitrogen and oxygen atoms in total. The lowest BCUT2D eigenvalue weighted by molar-refractivity contribution is 0.370. The predicted molar refractivity (Wildman–Crippen MR) is 145 cm³/mol. The van der Waals surface area contributed by atoms with Crippen LogP contribution in [-0.4, -0.2) is 11.2 Å². The highest BCUT2D eigenvalue weighted by atomic mass is 32.1. The standard InChI is InChI=1S/C31H24N2O2S/c1-3-18-35-24-15-10-21(11-16-24)19-27-30(34)33-29(23-12-8-20(2)9-13-23)26-17-14-22-6-4-5-7-25(22)28(26)32-31(33)36-27/h1,4-13,15-16,19,29H,14,17-18H2,2H3/b27-19-/t29-/m1/s1. The number of allylic oxidation sites excluding steroid dienone is 1. The molecule has 4 aromatic rings. The molecular formula is C31H24N2O2S. The molecule has 1 aromatic heterocycles. The molecule has 0 amide bonds. The zero-order valence-electron chi connectivity index (χ0n) is 19.9. The van der Waals surface area contributed by atoms with E-state index in [2.05, 4.69) is 61.4 Å². The summed E-state index contributed by atoms with van der Waals surface area (Å²) in [6.45, 7) is 2.31. The fraction of sp³-hybridized carbons (Fsp3) is 0.161. The highest BCUT2D eigenvalue weighted by molar-refractivity contribution is 7.07. The lowest BCUT2D eigenvalue weighted by atomic mass is 9.83. The number of benzene rings is 3. The van der Waals surface area contributed by atoms with E-state index in [1.54, 1.807) is 0 Å². The van der Waals surface area contributed by atoms with Gasteiger partial charge in [-0.1, -0.05) is 83.5 Å². The monoisotopic (exact) mass is 488 g/mol. The second-order valence-corrected chi connectivity index (χ2v) is 10.1. The fourth-order valence-corrected chi connectivity index (χ4v) is 6.01. The van der Waals surface area contributed by atoms with Gasteiger partial charge in [0, 0.05) is 5.56 Å². The first-order valence-electron chi connectivity index (χ1n) is 12.0. The lowest BCUT2D eigenvalue weighted by Crippen LogP contribution is -2.38. The zero-order chi connectivity index (χ0) is 24.6. The minimum absolute atomic E-state index is 0.0117. The maximum atomic E-state index is 13.8. The van der Waals surface area contributed by atoms with E-state index in [1.165, 1.54) is 33.6 Å². The molecule has 0 bridgehead atoms. The molecule has 1 atom stereocenters. The third-order valence-corrected chi connectivity index (χ3v) is 7.75. The average Bonchev–Trinajstić information content (AvgIpc) is 3.22. The number of terminal acetylenes is 1. The van der Waals surface area contributed by atoms with E-state index in [9.17, 15) is 4.79 Å². The number of aromatic nitrogens is 1. The Kier molecular flexibility index (Phi) is 5.67. The summed E-state index contributed by atoms with van der Waals surface area (Å²) in [5, 5.41) is 0. The van der Waals surface area contributed by atoms with Crippen LogP contribution in [-0.2, 0) is 6.42 Å². The highest BCUT2D eigenvalue weighted by Gasteiger charge is 2.32. The Hall–Kier alpha value is -4.14. The van der Waals surface area contributed by atoms with Gasteiger partial charge in [-0.25, -0.2) is 4.99 Å². The van der Waals surface area contributed by atoms with Gasteiger partial charge < -0.3 is 4.74 Å². The maximum Gasteiger partial charge on any atom is 0.271 e. The summed E-state index contributed by atoms with van der Waals surface area (Å²) < 4.78 is 8.02. The van der Waals surface area contributed by atoms with E-state index in [0.29, 0.717) is 10.3 Å². The number of thiazole rings is 1. The summed E-state index contributed by atoms with van der Waals surface area (Å²) in [5.41, 5.74) is 7.95. The molecule has 0 unspecified atom stereocenters. The highest BCUT2D eigenvalue weighted by Crippen LogP contribution is 2.41. The Balaban J connectivity index is 1.52. The largest absolute Gasteiger partial charge is 0.481 e. The molecule has 2 heterocycles. The molecule has 3 aromatic carbocycles. The molecule has 6 rings (SSSR count). The van der Waals surface area contributed by atoms with E-state index in [0.717, 1.165) is 34.5 Å². The van der Waals surface area contributed by atoms with Crippen LogP contribution < -0.4 is 19.6 Å². The van der Waals surface area contributed by atoms with Gasteiger partial charge in [0.2, 0.25) is 0 Å². The number of hydrogen-bond acceptors (Lipinski definition) is 4. The summed E-state index contributed by atoms with van der Waals surface area (Å²) in [5.74, 6) is 3.17. The molecule has 0 fully saturated rings. The minimum atomic E-state index is -0.160. The number of hydrogen-bond donors (Lipinski definition) is 0. The number of aryl methyl sites for hydroxylation is 2. The Morgan fingerprint density at radius 2 is 1.86 bits per heavy atom. The van der Waals surface area contributed by atoms with Crippen LogP contribution in [0, 0.1) is 19.3 Å². The summed E-state index contributed by atoms with van der Waals surface area (Å²) in [4.78, 5) is 19.6. The number of fused-ring (bicyclic) bond motifs is 3. The maximum absolute atomic E-state index is 13.8. The molecule has 0 saturated heterocycles. The lowest BCUT2D eigenvalue weighted by Gasteiger charge is -2.30. The van der Waals surface area contributed by atoms with Gasteiger partial charge >= 0.3 is 0 Å². The van der Waals surface area contributed by atoms with Crippen LogP contribution in [0.15, 0.2) is 88.2 Å². The molecule has 5 heteroatoms. The van der Waals surface area contributed by atoms with Crippen molar-refractivity contribution in [2.24, 2.45) is 4.99 Å². The smallest absolute Gasteiger partial charge is 0.271 e. The summed E-state index contributed by atoms with van der Waals surface area (Å²) in [7, 11) is 0. The first kappa shape index (κ1) is 22.3. The third kappa shape index (κ3) is 3.90. The van der Waals surface area contributed by atoms with Gasteiger partial charge in [-0.05, 0) is 60.2 Å². The second-order valence-electron chi connectivity index (χ2n) is 9.09. The minimum Gasteiger partial charge on any atom is -0.481 e. The van der Waals surface area contributed by atoms with Gasteiger partial charge in [0.25, 0.3) is 5.56 Å². The number of ether oxygens (including phenoxy) is 1. The topological polar surface area (TPSA) is 43.6 Å². The van der Waals surface area contributed by atoms with E-state index in [1.807, 2.05) is 34.9 Å². The fourth-order valence-electron chi connectivity index (χ4n) is 5.01. The van der Waals surface area contributed by atoms with Crippen molar-refractivity contribution in [2.75, 3.05) is 6.61 Å². The average molecular weight is 489 g/mol. The molecule has 0 spiro atoms. The first-order chi connectivity index (χ1) is 17.6. The molecule has 1 aliphatic heterocycles. The van der Waals surface area contributed by atoms with Gasteiger partial charge in [0.05, 0.1) is 16.3 Å². The van der Waals surface area contributed by atoms with Crippen molar-refractivity contribution in [3.8, 4) is 18.1 Å². The predicted octanol–water partition coefficient (Wildman–Crippen LogP) is 4.64. The molecule has 0 radical (unpaired) electrons. The van der Waals surface area contributed by atoms with Crippen LogP contribution in [0.4, 0.5) is 0 Å². The van der Waals surface area contributed by atoms with E-state index >= 15 is 0 Å². The molecular weight excluding hydrogens is 464 g/mol. The normalized spacial score (nSPS) is 16.4. The molecule has 2 aliphatic rings. The van der Waals surface area contributed by atoms with Crippen molar-refractivity contribution >= 4 is 23.1 Å². The van der Waals surface area contributed by atoms with Crippen molar-refractivity contribution < 1.29 is 4.74 Å².